The molecule has 2 aromatic rings. The van der Waals surface area contributed by atoms with Gasteiger partial charge in [-0.15, -0.1) is 0 Å². The summed E-state index contributed by atoms with van der Waals surface area (Å²) in [6, 6.07) is 9.88. The van der Waals surface area contributed by atoms with Crippen molar-refractivity contribution in [1.82, 2.24) is 0 Å². The van der Waals surface area contributed by atoms with E-state index in [1.807, 2.05) is 26.8 Å². The van der Waals surface area contributed by atoms with Gasteiger partial charge in [0.05, 0.1) is 5.56 Å². The highest BCUT2D eigenvalue weighted by Gasteiger charge is 2.12. The van der Waals surface area contributed by atoms with E-state index in [0.29, 0.717) is 5.75 Å². The Balaban J connectivity index is 2.14. The number of carbonyl (C=O) groups is 1. The third kappa shape index (κ3) is 3.05. The first-order valence-electron chi connectivity index (χ1n) is 6.47. The summed E-state index contributed by atoms with van der Waals surface area (Å²) < 4.78 is 19.1. The molecule has 0 fully saturated rings. The van der Waals surface area contributed by atoms with E-state index in [1.54, 1.807) is 12.1 Å². The van der Waals surface area contributed by atoms with Gasteiger partial charge in [0.2, 0.25) is 5.78 Å². The lowest BCUT2D eigenvalue weighted by Gasteiger charge is -2.12. The summed E-state index contributed by atoms with van der Waals surface area (Å²) in [5.74, 6) is -0.202. The third-order valence-electron chi connectivity index (χ3n) is 3.30. The predicted octanol–water partition coefficient (Wildman–Crippen LogP) is 4.01. The van der Waals surface area contributed by atoms with Crippen LogP contribution < -0.4 is 4.74 Å². The van der Waals surface area contributed by atoms with Crippen molar-refractivity contribution >= 4 is 5.78 Å². The molecule has 0 unspecified atom stereocenters. The number of ether oxygens (including phenoxy) is 1. The second-order valence-electron chi connectivity index (χ2n) is 4.90. The number of ketones is 1. The number of aryl methyl sites for hydroxylation is 2. The van der Waals surface area contributed by atoms with E-state index in [-0.39, 0.29) is 18.0 Å². The highest BCUT2D eigenvalue weighted by Crippen LogP contribution is 2.23. The molecule has 3 heteroatoms. The molecule has 0 aliphatic rings. The van der Waals surface area contributed by atoms with Gasteiger partial charge in [0.25, 0.3) is 0 Å². The molecule has 0 aromatic heterocycles. The van der Waals surface area contributed by atoms with Crippen LogP contribution in [0.3, 0.4) is 0 Å². The molecule has 0 amide bonds. The van der Waals surface area contributed by atoms with Crippen LogP contribution in [0.2, 0.25) is 0 Å². The second-order valence-corrected chi connectivity index (χ2v) is 4.90. The van der Waals surface area contributed by atoms with Crippen LogP contribution in [0.5, 0.6) is 5.75 Å². The first-order valence-corrected chi connectivity index (χ1v) is 6.47. The molecular formula is C17H17FO2. The molecule has 0 aliphatic carbocycles. The van der Waals surface area contributed by atoms with Crippen LogP contribution in [0.25, 0.3) is 0 Å². The molecule has 0 N–H and O–H groups in total. The van der Waals surface area contributed by atoms with Gasteiger partial charge in [0.1, 0.15) is 11.6 Å². The topological polar surface area (TPSA) is 26.3 Å². The Kier molecular flexibility index (Phi) is 4.18. The maximum atomic E-state index is 13.5. The summed E-state index contributed by atoms with van der Waals surface area (Å²) in [5, 5.41) is 0. The molecule has 0 saturated carbocycles. The Morgan fingerprint density at radius 3 is 2.55 bits per heavy atom. The number of rotatable bonds is 4. The molecule has 2 rings (SSSR count). The molecule has 0 spiro atoms. The lowest BCUT2D eigenvalue weighted by Crippen LogP contribution is -2.13. The lowest BCUT2D eigenvalue weighted by molar-refractivity contribution is 0.0917. The Morgan fingerprint density at radius 1 is 1.15 bits per heavy atom. The Morgan fingerprint density at radius 2 is 1.85 bits per heavy atom. The van der Waals surface area contributed by atoms with E-state index in [0.717, 1.165) is 16.7 Å². The molecule has 104 valence electrons. The van der Waals surface area contributed by atoms with Crippen LogP contribution in [0.1, 0.15) is 27.0 Å². The van der Waals surface area contributed by atoms with Gasteiger partial charge in [-0.1, -0.05) is 18.2 Å². The van der Waals surface area contributed by atoms with Crippen LogP contribution in [0, 0.1) is 26.6 Å². The third-order valence-corrected chi connectivity index (χ3v) is 3.30. The number of hydrogen-bond donors (Lipinski definition) is 0. The standard InChI is InChI=1S/C17H17FO2/c1-11-8-12(2)13(3)17(9-11)20-10-16(19)14-6-4-5-7-15(14)18/h4-9H,10H2,1-3H3. The molecule has 0 atom stereocenters. The largest absolute Gasteiger partial charge is 0.485 e. The van der Waals surface area contributed by atoms with E-state index in [4.69, 9.17) is 4.74 Å². The monoisotopic (exact) mass is 272 g/mol. The summed E-state index contributed by atoms with van der Waals surface area (Å²) in [4.78, 5) is 12.0. The first-order chi connectivity index (χ1) is 9.49. The summed E-state index contributed by atoms with van der Waals surface area (Å²) >= 11 is 0. The van der Waals surface area contributed by atoms with Crippen LogP contribution in [-0.4, -0.2) is 12.4 Å². The van der Waals surface area contributed by atoms with E-state index < -0.39 is 5.82 Å². The maximum absolute atomic E-state index is 13.5. The average Bonchev–Trinajstić information content (AvgIpc) is 2.41. The summed E-state index contributed by atoms with van der Waals surface area (Å²) in [6.45, 7) is 5.74. The highest BCUT2D eigenvalue weighted by atomic mass is 19.1. The van der Waals surface area contributed by atoms with Gasteiger partial charge < -0.3 is 4.74 Å². The van der Waals surface area contributed by atoms with Gasteiger partial charge in [-0.25, -0.2) is 4.39 Å². The van der Waals surface area contributed by atoms with Gasteiger partial charge in [-0.3, -0.25) is 4.79 Å². The van der Waals surface area contributed by atoms with Crippen LogP contribution in [0.15, 0.2) is 36.4 Å². The molecule has 0 heterocycles. The van der Waals surface area contributed by atoms with Gasteiger partial charge >= 0.3 is 0 Å². The van der Waals surface area contributed by atoms with Crippen molar-refractivity contribution in [2.24, 2.45) is 0 Å². The minimum Gasteiger partial charge on any atom is -0.485 e. The fourth-order valence-corrected chi connectivity index (χ4v) is 2.06. The fraction of sp³-hybridized carbons (Fsp3) is 0.235. The first kappa shape index (κ1) is 14.3. The minimum atomic E-state index is -0.516. The van der Waals surface area contributed by atoms with E-state index in [9.17, 15) is 9.18 Å². The van der Waals surface area contributed by atoms with Crippen LogP contribution in [0.4, 0.5) is 4.39 Å². The normalized spacial score (nSPS) is 10.4. The lowest BCUT2D eigenvalue weighted by atomic mass is 10.1. The average molecular weight is 272 g/mol. The Hall–Kier alpha value is -2.16. The van der Waals surface area contributed by atoms with Crippen molar-refractivity contribution < 1.29 is 13.9 Å². The van der Waals surface area contributed by atoms with Gasteiger partial charge in [-0.05, 0) is 55.7 Å². The number of benzene rings is 2. The number of Topliss-reactive ketones (excluding diaryl/α,β-unsaturated/α-hetero) is 1. The zero-order chi connectivity index (χ0) is 14.7. The molecule has 0 radical (unpaired) electrons. The zero-order valence-corrected chi connectivity index (χ0v) is 11.9. The molecule has 0 aliphatic heterocycles. The Labute approximate surface area is 118 Å². The summed E-state index contributed by atoms with van der Waals surface area (Å²) in [7, 11) is 0. The van der Waals surface area contributed by atoms with E-state index in [1.165, 1.54) is 12.1 Å². The smallest absolute Gasteiger partial charge is 0.203 e. The van der Waals surface area contributed by atoms with Crippen molar-refractivity contribution in [2.75, 3.05) is 6.61 Å². The van der Waals surface area contributed by atoms with Crippen molar-refractivity contribution in [1.29, 1.82) is 0 Å². The van der Waals surface area contributed by atoms with Gasteiger partial charge in [-0.2, -0.15) is 0 Å². The van der Waals surface area contributed by atoms with Crippen molar-refractivity contribution in [3.63, 3.8) is 0 Å². The van der Waals surface area contributed by atoms with E-state index in [2.05, 4.69) is 6.07 Å². The van der Waals surface area contributed by atoms with Crippen molar-refractivity contribution in [2.45, 2.75) is 20.8 Å². The molecule has 2 nitrogen and oxygen atoms in total. The molecule has 0 bridgehead atoms. The predicted molar refractivity (Wildman–Crippen MR) is 76.9 cm³/mol. The summed E-state index contributed by atoms with van der Waals surface area (Å²) in [5.41, 5.74) is 3.24. The Bertz CT molecular complexity index is 647. The molecule has 0 saturated heterocycles. The van der Waals surface area contributed by atoms with Gasteiger partial charge in [0.15, 0.2) is 6.61 Å². The van der Waals surface area contributed by atoms with Crippen LogP contribution >= 0.6 is 0 Å². The second kappa shape index (κ2) is 5.87. The minimum absolute atomic E-state index is 0.0644. The van der Waals surface area contributed by atoms with Crippen LogP contribution in [-0.2, 0) is 0 Å². The maximum Gasteiger partial charge on any atom is 0.203 e. The highest BCUT2D eigenvalue weighted by molar-refractivity contribution is 5.97. The SMILES string of the molecule is Cc1cc(C)c(C)c(OCC(=O)c2ccccc2F)c1. The fourth-order valence-electron chi connectivity index (χ4n) is 2.06. The molecular weight excluding hydrogens is 255 g/mol. The number of carbonyl (C=O) groups excluding carboxylic acids is 1. The molecule has 2 aromatic carbocycles. The summed E-state index contributed by atoms with van der Waals surface area (Å²) in [6.07, 6.45) is 0. The van der Waals surface area contributed by atoms with Crippen molar-refractivity contribution in [3.05, 3.63) is 64.5 Å². The zero-order valence-electron chi connectivity index (χ0n) is 11.9. The number of hydrogen-bond acceptors (Lipinski definition) is 2. The van der Waals surface area contributed by atoms with Crippen molar-refractivity contribution in [3.8, 4) is 5.75 Å². The van der Waals surface area contributed by atoms with Gasteiger partial charge in [0, 0.05) is 0 Å². The molecule has 20 heavy (non-hydrogen) atoms. The van der Waals surface area contributed by atoms with E-state index >= 15 is 0 Å². The quantitative estimate of drug-likeness (QED) is 0.786. The number of halogens is 1.